The summed E-state index contributed by atoms with van der Waals surface area (Å²) in [5.74, 6) is -4.12. The van der Waals surface area contributed by atoms with Crippen molar-refractivity contribution in [3.8, 4) is 22.5 Å². The van der Waals surface area contributed by atoms with Crippen LogP contribution in [-0.2, 0) is 0 Å². The van der Waals surface area contributed by atoms with Gasteiger partial charge in [-0.05, 0) is 66.6 Å². The van der Waals surface area contributed by atoms with Crippen LogP contribution in [-0.4, -0.2) is 24.0 Å². The van der Waals surface area contributed by atoms with Crippen LogP contribution in [0.3, 0.4) is 0 Å². The quantitative estimate of drug-likeness (QED) is 0.437. The van der Waals surface area contributed by atoms with E-state index in [0.29, 0.717) is 5.56 Å². The van der Waals surface area contributed by atoms with Crippen molar-refractivity contribution in [2.24, 2.45) is 0 Å². The standard InChI is InChI=1S/C24H16F3NO4/c1-11-16(9-13(24(30)31)10-17(11)26)15-7-8-18-19(21(15)27)20(23(29)28-2)22(32-18)12-3-5-14(25)6-4-12/h3-10H,1-2H3,(H,28,29)(H,30,31). The molecule has 1 heterocycles. The first kappa shape index (κ1) is 21.2. The fraction of sp³-hybridized carbons (Fsp3) is 0.0833. The number of halogens is 3. The lowest BCUT2D eigenvalue weighted by Crippen LogP contribution is -2.18. The number of nitrogens with one attached hydrogen (secondary N) is 1. The third-order valence-electron chi connectivity index (χ3n) is 5.23. The molecule has 4 rings (SSSR count). The highest BCUT2D eigenvalue weighted by molar-refractivity contribution is 6.12. The van der Waals surface area contributed by atoms with E-state index in [0.717, 1.165) is 6.07 Å². The second-order valence-electron chi connectivity index (χ2n) is 7.13. The summed E-state index contributed by atoms with van der Waals surface area (Å²) in [5, 5.41) is 11.5. The predicted octanol–water partition coefficient (Wildman–Crippen LogP) is 5.55. The lowest BCUT2D eigenvalue weighted by Gasteiger charge is -2.11. The molecule has 32 heavy (non-hydrogen) atoms. The molecule has 5 nitrogen and oxygen atoms in total. The molecule has 4 aromatic rings. The Hall–Kier alpha value is -4.07. The molecule has 0 aliphatic heterocycles. The average Bonchev–Trinajstić information content (AvgIpc) is 3.16. The maximum Gasteiger partial charge on any atom is 0.335 e. The summed E-state index contributed by atoms with van der Waals surface area (Å²) < 4.78 is 49.2. The molecule has 3 aromatic carbocycles. The maximum absolute atomic E-state index is 15.8. The van der Waals surface area contributed by atoms with Crippen molar-refractivity contribution in [3.63, 3.8) is 0 Å². The van der Waals surface area contributed by atoms with Crippen molar-refractivity contribution in [2.75, 3.05) is 7.05 Å². The van der Waals surface area contributed by atoms with Gasteiger partial charge in [0.1, 0.15) is 28.8 Å². The Morgan fingerprint density at radius 3 is 2.28 bits per heavy atom. The summed E-state index contributed by atoms with van der Waals surface area (Å²) in [6.07, 6.45) is 0. The largest absolute Gasteiger partial charge is 0.478 e. The van der Waals surface area contributed by atoms with E-state index < -0.39 is 29.3 Å². The van der Waals surface area contributed by atoms with Gasteiger partial charge in [0.15, 0.2) is 0 Å². The third-order valence-corrected chi connectivity index (χ3v) is 5.23. The number of carboxylic acid groups (broad SMARTS) is 1. The van der Waals surface area contributed by atoms with Crippen molar-refractivity contribution < 1.29 is 32.3 Å². The number of carboxylic acids is 1. The third kappa shape index (κ3) is 3.39. The van der Waals surface area contributed by atoms with Crippen molar-refractivity contribution >= 4 is 22.8 Å². The van der Waals surface area contributed by atoms with Gasteiger partial charge in [-0.15, -0.1) is 0 Å². The van der Waals surface area contributed by atoms with Gasteiger partial charge in [0.2, 0.25) is 0 Å². The Morgan fingerprint density at radius 2 is 1.66 bits per heavy atom. The SMILES string of the molecule is CNC(=O)c1c(-c2ccc(F)cc2)oc2ccc(-c3cc(C(=O)O)cc(F)c3C)c(F)c12. The van der Waals surface area contributed by atoms with Crippen LogP contribution >= 0.6 is 0 Å². The lowest BCUT2D eigenvalue weighted by molar-refractivity contribution is 0.0696. The Kier molecular flexibility index (Phi) is 5.22. The van der Waals surface area contributed by atoms with Crippen LogP contribution in [0.25, 0.3) is 33.4 Å². The first-order valence-electron chi connectivity index (χ1n) is 9.49. The zero-order valence-electron chi connectivity index (χ0n) is 16.9. The average molecular weight is 439 g/mol. The number of carbonyl (C=O) groups is 2. The Morgan fingerprint density at radius 1 is 0.969 bits per heavy atom. The second-order valence-corrected chi connectivity index (χ2v) is 7.13. The van der Waals surface area contributed by atoms with Gasteiger partial charge in [0, 0.05) is 18.2 Å². The van der Waals surface area contributed by atoms with Crippen molar-refractivity contribution in [3.05, 3.63) is 82.7 Å². The summed E-state index contributed by atoms with van der Waals surface area (Å²) in [7, 11) is 1.37. The van der Waals surface area contributed by atoms with Gasteiger partial charge in [-0.2, -0.15) is 0 Å². The molecular weight excluding hydrogens is 423 g/mol. The molecule has 1 amide bonds. The summed E-state index contributed by atoms with van der Waals surface area (Å²) in [6.45, 7) is 1.40. The minimum atomic E-state index is -1.36. The molecule has 0 fully saturated rings. The van der Waals surface area contributed by atoms with Gasteiger partial charge >= 0.3 is 5.97 Å². The number of hydrogen-bond donors (Lipinski definition) is 2. The molecule has 0 saturated heterocycles. The van der Waals surface area contributed by atoms with Gasteiger partial charge in [-0.3, -0.25) is 4.79 Å². The van der Waals surface area contributed by atoms with E-state index in [4.69, 9.17) is 4.42 Å². The Labute approximate surface area is 180 Å². The second kappa shape index (κ2) is 7.88. The van der Waals surface area contributed by atoms with Crippen molar-refractivity contribution in [1.82, 2.24) is 5.32 Å². The molecule has 0 spiro atoms. The fourth-order valence-electron chi connectivity index (χ4n) is 3.59. The minimum absolute atomic E-state index is 0.0363. The van der Waals surface area contributed by atoms with Crippen molar-refractivity contribution in [1.29, 1.82) is 0 Å². The number of benzene rings is 3. The molecule has 0 bridgehead atoms. The first-order chi connectivity index (χ1) is 15.2. The molecule has 0 radical (unpaired) electrons. The van der Waals surface area contributed by atoms with Crippen molar-refractivity contribution in [2.45, 2.75) is 6.92 Å². The minimum Gasteiger partial charge on any atom is -0.478 e. The highest BCUT2D eigenvalue weighted by atomic mass is 19.1. The zero-order valence-corrected chi connectivity index (χ0v) is 16.9. The van der Waals surface area contributed by atoms with Crippen LogP contribution in [0.15, 0.2) is 52.9 Å². The number of aromatic carboxylic acids is 1. The van der Waals surface area contributed by atoms with E-state index in [-0.39, 0.29) is 44.5 Å². The normalized spacial score (nSPS) is 11.0. The maximum atomic E-state index is 15.8. The number of carbonyl (C=O) groups excluding carboxylic acids is 1. The van der Waals surface area contributed by atoms with E-state index in [1.165, 1.54) is 56.4 Å². The number of fused-ring (bicyclic) bond motifs is 1. The molecule has 0 unspecified atom stereocenters. The summed E-state index contributed by atoms with van der Waals surface area (Å²) in [5.41, 5.74) is -0.0389. The number of rotatable bonds is 4. The molecule has 8 heteroatoms. The van der Waals surface area contributed by atoms with Crippen LogP contribution in [0.1, 0.15) is 26.3 Å². The van der Waals surface area contributed by atoms with E-state index >= 15 is 4.39 Å². The van der Waals surface area contributed by atoms with Crippen LogP contribution in [0.2, 0.25) is 0 Å². The van der Waals surface area contributed by atoms with E-state index in [1.807, 2.05) is 0 Å². The Bertz CT molecular complexity index is 1390. The van der Waals surface area contributed by atoms with Crippen LogP contribution in [0, 0.1) is 24.4 Å². The summed E-state index contributed by atoms with van der Waals surface area (Å²) in [4.78, 5) is 24.0. The molecule has 0 atom stereocenters. The fourth-order valence-corrected chi connectivity index (χ4v) is 3.59. The lowest BCUT2D eigenvalue weighted by atomic mass is 9.94. The highest BCUT2D eigenvalue weighted by Gasteiger charge is 2.27. The predicted molar refractivity (Wildman–Crippen MR) is 112 cm³/mol. The van der Waals surface area contributed by atoms with Gasteiger partial charge in [0.05, 0.1) is 16.5 Å². The summed E-state index contributed by atoms with van der Waals surface area (Å²) in [6, 6.07) is 9.93. The molecule has 0 aliphatic rings. The molecule has 162 valence electrons. The molecule has 1 aromatic heterocycles. The summed E-state index contributed by atoms with van der Waals surface area (Å²) >= 11 is 0. The van der Waals surface area contributed by atoms with Gasteiger partial charge in [-0.1, -0.05) is 0 Å². The number of amides is 1. The van der Waals surface area contributed by atoms with Gasteiger partial charge in [0.25, 0.3) is 5.91 Å². The van der Waals surface area contributed by atoms with E-state index in [9.17, 15) is 23.5 Å². The molecule has 0 aliphatic carbocycles. The first-order valence-corrected chi connectivity index (χ1v) is 9.49. The van der Waals surface area contributed by atoms with Crippen LogP contribution < -0.4 is 5.32 Å². The molecule has 2 N–H and O–H groups in total. The number of furan rings is 1. The number of hydrogen-bond acceptors (Lipinski definition) is 3. The van der Waals surface area contributed by atoms with Gasteiger partial charge in [-0.25, -0.2) is 18.0 Å². The smallest absolute Gasteiger partial charge is 0.335 e. The van der Waals surface area contributed by atoms with E-state index in [2.05, 4.69) is 5.32 Å². The highest BCUT2D eigenvalue weighted by Crippen LogP contribution is 2.39. The Balaban J connectivity index is 2.04. The molecular formula is C24H16F3NO4. The monoisotopic (exact) mass is 439 g/mol. The zero-order chi connectivity index (χ0) is 23.2. The van der Waals surface area contributed by atoms with Crippen LogP contribution in [0.4, 0.5) is 13.2 Å². The van der Waals surface area contributed by atoms with Gasteiger partial charge < -0.3 is 14.8 Å². The van der Waals surface area contributed by atoms with E-state index in [1.54, 1.807) is 0 Å². The van der Waals surface area contributed by atoms with Crippen LogP contribution in [0.5, 0.6) is 0 Å². The molecule has 0 saturated carbocycles. The topological polar surface area (TPSA) is 79.5 Å².